The van der Waals surface area contributed by atoms with Crippen LogP contribution in [0.2, 0.25) is 0 Å². The van der Waals surface area contributed by atoms with Gasteiger partial charge in [0.15, 0.2) is 6.29 Å². The number of hydrogen-bond donors (Lipinski definition) is 0. The predicted molar refractivity (Wildman–Crippen MR) is 46.6 cm³/mol. The third-order valence-corrected chi connectivity index (χ3v) is 1.14. The highest BCUT2D eigenvalue weighted by Gasteiger charge is 2.04. The van der Waals surface area contributed by atoms with Crippen LogP contribution in [-0.2, 0) is 14.3 Å². The highest BCUT2D eigenvalue weighted by atomic mass is 16.7. The quantitative estimate of drug-likeness (QED) is 0.361. The van der Waals surface area contributed by atoms with Crippen LogP contribution in [0.4, 0.5) is 0 Å². The van der Waals surface area contributed by atoms with Gasteiger partial charge in [-0.1, -0.05) is 13.0 Å². The molecule has 0 spiro atoms. The lowest BCUT2D eigenvalue weighted by molar-refractivity contribution is -0.168. The zero-order valence-corrected chi connectivity index (χ0v) is 7.87. The smallest absolute Gasteiger partial charge is 0.332 e. The zero-order chi connectivity index (χ0) is 9.40. The van der Waals surface area contributed by atoms with Gasteiger partial charge in [0, 0.05) is 6.08 Å². The summed E-state index contributed by atoms with van der Waals surface area (Å²) in [6, 6.07) is 0. The molecule has 0 aromatic carbocycles. The second-order valence-electron chi connectivity index (χ2n) is 2.38. The molecule has 3 heteroatoms. The fourth-order valence-electron chi connectivity index (χ4n) is 0.657. The molecule has 0 fully saturated rings. The Morgan fingerprint density at radius 3 is 2.75 bits per heavy atom. The van der Waals surface area contributed by atoms with E-state index < -0.39 is 6.29 Å². The molecule has 0 saturated heterocycles. The van der Waals surface area contributed by atoms with Crippen molar-refractivity contribution in [3.8, 4) is 0 Å². The van der Waals surface area contributed by atoms with E-state index in [2.05, 4.69) is 0 Å². The molecule has 0 heterocycles. The van der Waals surface area contributed by atoms with Crippen LogP contribution >= 0.6 is 0 Å². The number of esters is 1. The molecule has 0 amide bonds. The van der Waals surface area contributed by atoms with Crippen LogP contribution in [0.1, 0.15) is 27.2 Å². The van der Waals surface area contributed by atoms with Gasteiger partial charge in [-0.3, -0.25) is 0 Å². The van der Waals surface area contributed by atoms with Gasteiger partial charge in [0.25, 0.3) is 0 Å². The van der Waals surface area contributed by atoms with Crippen LogP contribution in [-0.4, -0.2) is 18.9 Å². The number of hydrogen-bond acceptors (Lipinski definition) is 3. The van der Waals surface area contributed by atoms with E-state index in [1.165, 1.54) is 6.08 Å². The number of carbonyl (C=O) groups excluding carboxylic acids is 1. The second-order valence-corrected chi connectivity index (χ2v) is 2.38. The molecule has 70 valence electrons. The molecule has 0 radical (unpaired) electrons. The van der Waals surface area contributed by atoms with Crippen molar-refractivity contribution in [3.05, 3.63) is 12.2 Å². The normalized spacial score (nSPS) is 13.2. The van der Waals surface area contributed by atoms with Gasteiger partial charge in [-0.15, -0.1) is 0 Å². The van der Waals surface area contributed by atoms with E-state index in [1.54, 1.807) is 19.9 Å². The van der Waals surface area contributed by atoms with Crippen molar-refractivity contribution in [1.82, 2.24) is 0 Å². The van der Waals surface area contributed by atoms with Crippen LogP contribution in [0.5, 0.6) is 0 Å². The van der Waals surface area contributed by atoms with Gasteiger partial charge in [-0.25, -0.2) is 4.79 Å². The minimum absolute atomic E-state index is 0.360. The second kappa shape index (κ2) is 6.85. The van der Waals surface area contributed by atoms with Crippen molar-refractivity contribution in [2.75, 3.05) is 6.61 Å². The minimum atomic E-state index is -0.450. The predicted octanol–water partition coefficient (Wildman–Crippen LogP) is 1.88. The maximum absolute atomic E-state index is 10.8. The molecule has 0 rings (SSSR count). The van der Waals surface area contributed by atoms with E-state index in [9.17, 15) is 4.79 Å². The van der Waals surface area contributed by atoms with Crippen molar-refractivity contribution in [2.45, 2.75) is 33.5 Å². The van der Waals surface area contributed by atoms with E-state index in [4.69, 9.17) is 9.47 Å². The monoisotopic (exact) mass is 172 g/mol. The van der Waals surface area contributed by atoms with Gasteiger partial charge in [-0.05, 0) is 20.3 Å². The highest BCUT2D eigenvalue weighted by molar-refractivity contribution is 5.81. The summed E-state index contributed by atoms with van der Waals surface area (Å²) < 4.78 is 9.98. The summed E-state index contributed by atoms with van der Waals surface area (Å²) in [5.74, 6) is -0.360. The first-order chi connectivity index (χ1) is 5.70. The molecule has 12 heavy (non-hydrogen) atoms. The Bertz CT molecular complexity index is 152. The largest absolute Gasteiger partial charge is 0.433 e. The molecule has 0 bridgehead atoms. The molecular formula is C9H16O3. The van der Waals surface area contributed by atoms with Gasteiger partial charge in [-0.2, -0.15) is 0 Å². The SMILES string of the molecule is CC=CC(=O)OC(C)OCCC. The average molecular weight is 172 g/mol. The fourth-order valence-corrected chi connectivity index (χ4v) is 0.657. The van der Waals surface area contributed by atoms with Crippen LogP contribution in [0, 0.1) is 0 Å². The summed E-state index contributed by atoms with van der Waals surface area (Å²) in [7, 11) is 0. The Morgan fingerprint density at radius 1 is 1.58 bits per heavy atom. The molecule has 0 N–H and O–H groups in total. The molecule has 0 aliphatic carbocycles. The minimum Gasteiger partial charge on any atom is -0.433 e. The summed E-state index contributed by atoms with van der Waals surface area (Å²) >= 11 is 0. The van der Waals surface area contributed by atoms with Crippen LogP contribution < -0.4 is 0 Å². The number of rotatable bonds is 5. The van der Waals surface area contributed by atoms with Crippen molar-refractivity contribution in [3.63, 3.8) is 0 Å². The Hall–Kier alpha value is -0.830. The molecule has 1 unspecified atom stereocenters. The first-order valence-electron chi connectivity index (χ1n) is 4.15. The fraction of sp³-hybridized carbons (Fsp3) is 0.667. The van der Waals surface area contributed by atoms with Crippen LogP contribution in [0.15, 0.2) is 12.2 Å². The molecule has 0 aromatic heterocycles. The topological polar surface area (TPSA) is 35.5 Å². The molecule has 0 aromatic rings. The Balaban J connectivity index is 3.53. The van der Waals surface area contributed by atoms with Gasteiger partial charge in [0.2, 0.25) is 0 Å². The highest BCUT2D eigenvalue weighted by Crippen LogP contribution is 1.95. The standard InChI is InChI=1S/C9H16O3/c1-4-6-9(10)12-8(3)11-7-5-2/h4,6,8H,5,7H2,1-3H3. The first-order valence-corrected chi connectivity index (χ1v) is 4.15. The van der Waals surface area contributed by atoms with Crippen molar-refractivity contribution >= 4 is 5.97 Å². The summed E-state index contributed by atoms with van der Waals surface area (Å²) in [4.78, 5) is 10.8. The van der Waals surface area contributed by atoms with Crippen LogP contribution in [0.3, 0.4) is 0 Å². The van der Waals surface area contributed by atoms with Crippen molar-refractivity contribution in [1.29, 1.82) is 0 Å². The molecule has 0 aliphatic heterocycles. The lowest BCUT2D eigenvalue weighted by Crippen LogP contribution is -2.16. The third kappa shape index (κ3) is 5.92. The van der Waals surface area contributed by atoms with Gasteiger partial charge in [0.1, 0.15) is 0 Å². The number of ether oxygens (including phenoxy) is 2. The van der Waals surface area contributed by atoms with E-state index in [-0.39, 0.29) is 5.97 Å². The van der Waals surface area contributed by atoms with E-state index in [1.807, 2.05) is 6.92 Å². The zero-order valence-electron chi connectivity index (χ0n) is 7.87. The first kappa shape index (κ1) is 11.2. The maximum atomic E-state index is 10.8. The number of allylic oxidation sites excluding steroid dienone is 1. The number of carbonyl (C=O) groups is 1. The van der Waals surface area contributed by atoms with Crippen molar-refractivity contribution < 1.29 is 14.3 Å². The summed E-state index contributed by atoms with van der Waals surface area (Å²) in [6.07, 6.45) is 3.47. The molecule has 1 atom stereocenters. The Morgan fingerprint density at radius 2 is 2.25 bits per heavy atom. The van der Waals surface area contributed by atoms with E-state index >= 15 is 0 Å². The lowest BCUT2D eigenvalue weighted by Gasteiger charge is -2.11. The molecule has 0 saturated carbocycles. The molecule has 0 aliphatic rings. The summed E-state index contributed by atoms with van der Waals surface area (Å²) in [5.41, 5.74) is 0. The lowest BCUT2D eigenvalue weighted by atomic mass is 10.5. The maximum Gasteiger partial charge on any atom is 0.332 e. The van der Waals surface area contributed by atoms with Gasteiger partial charge in [0.05, 0.1) is 6.61 Å². The van der Waals surface area contributed by atoms with E-state index in [0.717, 1.165) is 6.42 Å². The van der Waals surface area contributed by atoms with Gasteiger partial charge >= 0.3 is 5.97 Å². The Labute approximate surface area is 73.4 Å². The summed E-state index contributed by atoms with van der Waals surface area (Å²) in [5, 5.41) is 0. The van der Waals surface area contributed by atoms with E-state index in [0.29, 0.717) is 6.61 Å². The molecule has 3 nitrogen and oxygen atoms in total. The molecular weight excluding hydrogens is 156 g/mol. The average Bonchev–Trinajstić information content (AvgIpc) is 2.01. The van der Waals surface area contributed by atoms with Crippen LogP contribution in [0.25, 0.3) is 0 Å². The van der Waals surface area contributed by atoms with Gasteiger partial charge < -0.3 is 9.47 Å². The summed E-state index contributed by atoms with van der Waals surface area (Å²) in [6.45, 7) is 6.08. The Kier molecular flexibility index (Phi) is 6.38. The van der Waals surface area contributed by atoms with Crippen molar-refractivity contribution in [2.24, 2.45) is 0 Å². The third-order valence-electron chi connectivity index (χ3n) is 1.14.